The van der Waals surface area contributed by atoms with E-state index in [1.54, 1.807) is 24.3 Å². The van der Waals surface area contributed by atoms with Crippen molar-refractivity contribution in [2.45, 2.75) is 0 Å². The van der Waals surface area contributed by atoms with Crippen molar-refractivity contribution in [3.8, 4) is 23.3 Å². The van der Waals surface area contributed by atoms with Crippen LogP contribution in [0.5, 0.6) is 11.5 Å². The Kier molecular flexibility index (Phi) is 4.44. The molecule has 5 heteroatoms. The molecule has 0 atom stereocenters. The van der Waals surface area contributed by atoms with Gasteiger partial charge in [0, 0.05) is 11.6 Å². The Morgan fingerprint density at radius 2 is 1.90 bits per heavy atom. The van der Waals surface area contributed by atoms with Crippen molar-refractivity contribution in [3.63, 3.8) is 0 Å². The Morgan fingerprint density at radius 1 is 1.14 bits per heavy atom. The normalized spacial score (nSPS) is 9.57. The summed E-state index contributed by atoms with van der Waals surface area (Å²) < 4.78 is 0. The van der Waals surface area contributed by atoms with E-state index in [4.69, 9.17) is 5.11 Å². The maximum Gasteiger partial charge on any atom is 0.259 e. The average Bonchev–Trinajstić information content (AvgIpc) is 2.46. The third kappa shape index (κ3) is 3.53. The summed E-state index contributed by atoms with van der Waals surface area (Å²) >= 11 is 0. The fourth-order valence-corrected chi connectivity index (χ4v) is 1.74. The number of aromatic hydroxyl groups is 2. The molecule has 0 aliphatic heterocycles. The molecule has 106 valence electrons. The Bertz CT molecular complexity index is 729. The van der Waals surface area contributed by atoms with Crippen molar-refractivity contribution < 1.29 is 20.1 Å². The summed E-state index contributed by atoms with van der Waals surface area (Å²) in [5, 5.41) is 30.2. The van der Waals surface area contributed by atoms with Crippen molar-refractivity contribution in [3.05, 3.63) is 53.6 Å². The lowest BCUT2D eigenvalue weighted by Gasteiger charge is -2.08. The van der Waals surface area contributed by atoms with Crippen molar-refractivity contribution in [1.29, 1.82) is 0 Å². The highest BCUT2D eigenvalue weighted by Gasteiger charge is 2.13. The molecule has 0 spiro atoms. The van der Waals surface area contributed by atoms with Crippen LogP contribution in [0.15, 0.2) is 42.5 Å². The van der Waals surface area contributed by atoms with Crippen LogP contribution in [0.2, 0.25) is 0 Å². The number of rotatable bonds is 2. The van der Waals surface area contributed by atoms with Gasteiger partial charge in [0.15, 0.2) is 0 Å². The van der Waals surface area contributed by atoms with Gasteiger partial charge in [0.2, 0.25) is 0 Å². The van der Waals surface area contributed by atoms with E-state index >= 15 is 0 Å². The second kappa shape index (κ2) is 6.46. The average molecular weight is 283 g/mol. The summed E-state index contributed by atoms with van der Waals surface area (Å²) in [5.74, 6) is 4.27. The molecule has 0 fully saturated rings. The van der Waals surface area contributed by atoms with Gasteiger partial charge in [0.05, 0.1) is 11.3 Å². The van der Waals surface area contributed by atoms with Crippen LogP contribution in [0.1, 0.15) is 15.9 Å². The number of carbonyl (C=O) groups is 1. The summed E-state index contributed by atoms with van der Waals surface area (Å²) in [7, 11) is 0. The van der Waals surface area contributed by atoms with Gasteiger partial charge in [-0.15, -0.1) is 0 Å². The highest BCUT2D eigenvalue weighted by atomic mass is 16.3. The van der Waals surface area contributed by atoms with E-state index in [0.29, 0.717) is 11.3 Å². The number of carbonyl (C=O) groups excluding carboxylic acids is 1. The Labute approximate surface area is 121 Å². The van der Waals surface area contributed by atoms with E-state index in [-0.39, 0.29) is 23.7 Å². The van der Waals surface area contributed by atoms with Gasteiger partial charge in [-0.05, 0) is 24.3 Å². The summed E-state index contributed by atoms with van der Waals surface area (Å²) in [6, 6.07) is 10.6. The second-order valence-electron chi connectivity index (χ2n) is 4.16. The lowest BCUT2D eigenvalue weighted by molar-refractivity contribution is 0.102. The number of amides is 1. The van der Waals surface area contributed by atoms with Gasteiger partial charge < -0.3 is 20.6 Å². The van der Waals surface area contributed by atoms with Gasteiger partial charge in [0.1, 0.15) is 18.1 Å². The Balaban J connectivity index is 2.27. The van der Waals surface area contributed by atoms with Gasteiger partial charge in [-0.3, -0.25) is 4.79 Å². The number of anilines is 1. The molecule has 0 aliphatic carbocycles. The molecular formula is C16H13NO4. The van der Waals surface area contributed by atoms with E-state index in [0.717, 1.165) is 6.07 Å². The molecule has 0 radical (unpaired) electrons. The van der Waals surface area contributed by atoms with Crippen LogP contribution in [0.4, 0.5) is 5.69 Å². The molecule has 4 N–H and O–H groups in total. The molecule has 1 amide bonds. The minimum absolute atomic E-state index is 0.0396. The van der Waals surface area contributed by atoms with Crippen LogP contribution in [-0.4, -0.2) is 27.8 Å². The predicted octanol–water partition coefficient (Wildman–Crippen LogP) is 1.69. The third-order valence-electron chi connectivity index (χ3n) is 2.70. The maximum absolute atomic E-state index is 12.1. The number of phenols is 2. The number of aliphatic hydroxyl groups excluding tert-OH is 1. The first-order valence-corrected chi connectivity index (χ1v) is 6.14. The van der Waals surface area contributed by atoms with Gasteiger partial charge in [-0.25, -0.2) is 0 Å². The molecular weight excluding hydrogens is 270 g/mol. The van der Waals surface area contributed by atoms with Crippen molar-refractivity contribution in [1.82, 2.24) is 0 Å². The van der Waals surface area contributed by atoms with Crippen LogP contribution in [-0.2, 0) is 0 Å². The second-order valence-corrected chi connectivity index (χ2v) is 4.16. The number of aliphatic hydroxyl groups is 1. The molecule has 0 aromatic heterocycles. The van der Waals surface area contributed by atoms with Crippen LogP contribution in [0.3, 0.4) is 0 Å². The maximum atomic E-state index is 12.1. The summed E-state index contributed by atoms with van der Waals surface area (Å²) in [6.45, 7) is -0.277. The summed E-state index contributed by atoms with van der Waals surface area (Å²) in [6.07, 6.45) is 0. The van der Waals surface area contributed by atoms with Crippen LogP contribution >= 0.6 is 0 Å². The number of hydrogen-bond acceptors (Lipinski definition) is 4. The molecule has 2 rings (SSSR count). The van der Waals surface area contributed by atoms with E-state index in [1.165, 1.54) is 12.1 Å². The standard InChI is InChI=1S/C16H13NO4/c18-9-3-5-11-4-1-2-6-14(11)17-16(21)13-8-7-12(19)10-15(13)20/h1-2,4,6-8,10,18-20H,9H2,(H,17,21). The first-order valence-electron chi connectivity index (χ1n) is 6.14. The molecule has 2 aromatic carbocycles. The quantitative estimate of drug-likeness (QED) is 0.631. The van der Waals surface area contributed by atoms with E-state index in [9.17, 15) is 15.0 Å². The first-order chi connectivity index (χ1) is 10.1. The zero-order valence-corrected chi connectivity index (χ0v) is 11.0. The third-order valence-corrected chi connectivity index (χ3v) is 2.70. The minimum Gasteiger partial charge on any atom is -0.508 e. The molecule has 21 heavy (non-hydrogen) atoms. The summed E-state index contributed by atoms with van der Waals surface area (Å²) in [4.78, 5) is 12.1. The van der Waals surface area contributed by atoms with Crippen molar-refractivity contribution >= 4 is 11.6 Å². The molecule has 0 unspecified atom stereocenters. The SMILES string of the molecule is O=C(Nc1ccccc1C#CCO)c1ccc(O)cc1O. The van der Waals surface area contributed by atoms with Crippen LogP contribution in [0, 0.1) is 11.8 Å². The molecule has 2 aromatic rings. The van der Waals surface area contributed by atoms with Gasteiger partial charge in [0.25, 0.3) is 5.91 Å². The zero-order valence-electron chi connectivity index (χ0n) is 11.0. The highest BCUT2D eigenvalue weighted by molar-refractivity contribution is 6.06. The fraction of sp³-hybridized carbons (Fsp3) is 0.0625. The first kappa shape index (κ1) is 14.4. The number of nitrogens with one attached hydrogen (secondary N) is 1. The van der Waals surface area contributed by atoms with E-state index < -0.39 is 5.91 Å². The van der Waals surface area contributed by atoms with Gasteiger partial charge in [-0.2, -0.15) is 0 Å². The zero-order chi connectivity index (χ0) is 15.2. The monoisotopic (exact) mass is 283 g/mol. The van der Waals surface area contributed by atoms with Gasteiger partial charge in [-0.1, -0.05) is 24.0 Å². The molecule has 0 heterocycles. The van der Waals surface area contributed by atoms with E-state index in [1.807, 2.05) is 0 Å². The molecule has 0 saturated heterocycles. The van der Waals surface area contributed by atoms with E-state index in [2.05, 4.69) is 17.2 Å². The number of para-hydroxylation sites is 1. The lowest BCUT2D eigenvalue weighted by atomic mass is 10.1. The topological polar surface area (TPSA) is 89.8 Å². The summed E-state index contributed by atoms with van der Waals surface area (Å²) in [5.41, 5.74) is 1.06. The van der Waals surface area contributed by atoms with Crippen molar-refractivity contribution in [2.24, 2.45) is 0 Å². The number of hydrogen-bond donors (Lipinski definition) is 4. The molecule has 0 saturated carbocycles. The number of phenolic OH excluding ortho intramolecular Hbond substituents is 2. The highest BCUT2D eigenvalue weighted by Crippen LogP contribution is 2.24. The molecule has 0 bridgehead atoms. The Hall–Kier alpha value is -2.97. The fourth-order valence-electron chi connectivity index (χ4n) is 1.74. The van der Waals surface area contributed by atoms with Crippen LogP contribution in [0.25, 0.3) is 0 Å². The smallest absolute Gasteiger partial charge is 0.259 e. The Morgan fingerprint density at radius 3 is 2.62 bits per heavy atom. The lowest BCUT2D eigenvalue weighted by Crippen LogP contribution is -2.13. The molecule has 0 aliphatic rings. The van der Waals surface area contributed by atoms with Crippen LogP contribution < -0.4 is 5.32 Å². The number of benzene rings is 2. The molecule has 5 nitrogen and oxygen atoms in total. The van der Waals surface area contributed by atoms with Gasteiger partial charge >= 0.3 is 0 Å². The van der Waals surface area contributed by atoms with Crippen molar-refractivity contribution in [2.75, 3.05) is 11.9 Å². The minimum atomic E-state index is -0.522. The largest absolute Gasteiger partial charge is 0.508 e. The predicted molar refractivity (Wildman–Crippen MR) is 78.1 cm³/mol.